The van der Waals surface area contributed by atoms with E-state index in [4.69, 9.17) is 6.42 Å². The highest BCUT2D eigenvalue weighted by Gasteiger charge is 1.92. The van der Waals surface area contributed by atoms with E-state index in [0.29, 0.717) is 5.69 Å². The van der Waals surface area contributed by atoms with Gasteiger partial charge in [0, 0.05) is 6.20 Å². The third kappa shape index (κ3) is 2.25. The number of aryl methyl sites for hydroxylation is 1. The summed E-state index contributed by atoms with van der Waals surface area (Å²) in [6, 6.07) is 3.91. The van der Waals surface area contributed by atoms with Crippen molar-refractivity contribution < 1.29 is 0 Å². The van der Waals surface area contributed by atoms with E-state index < -0.39 is 0 Å². The number of terminal acetylenes is 1. The summed E-state index contributed by atoms with van der Waals surface area (Å²) in [6.45, 7) is 3.66. The molecule has 0 N–H and O–H groups in total. The Morgan fingerprint density at radius 1 is 1.67 bits per heavy atom. The predicted molar refractivity (Wildman–Crippen MR) is 50.7 cm³/mol. The second-order valence-electron chi connectivity index (χ2n) is 2.52. The van der Waals surface area contributed by atoms with Crippen LogP contribution in [0.4, 0.5) is 0 Å². The second-order valence-corrected chi connectivity index (χ2v) is 2.52. The molecule has 0 bridgehead atoms. The first-order valence-electron chi connectivity index (χ1n) is 3.89. The molecule has 0 aliphatic rings. The van der Waals surface area contributed by atoms with Crippen LogP contribution in [-0.4, -0.2) is 4.98 Å². The van der Waals surface area contributed by atoms with E-state index in [0.717, 1.165) is 12.8 Å². The fourth-order valence-corrected chi connectivity index (χ4v) is 0.977. The maximum atomic E-state index is 5.21. The fourth-order valence-electron chi connectivity index (χ4n) is 0.977. The highest BCUT2D eigenvalue weighted by Crippen LogP contribution is 2.03. The summed E-state index contributed by atoms with van der Waals surface area (Å²) in [6.07, 6.45) is 10.8. The van der Waals surface area contributed by atoms with Gasteiger partial charge in [-0.1, -0.05) is 12.0 Å². The largest absolute Gasteiger partial charge is 0.248 e. The van der Waals surface area contributed by atoms with E-state index in [9.17, 15) is 0 Å². The van der Waals surface area contributed by atoms with Crippen molar-refractivity contribution >= 4 is 0 Å². The van der Waals surface area contributed by atoms with Gasteiger partial charge in [0.25, 0.3) is 0 Å². The van der Waals surface area contributed by atoms with Crippen LogP contribution in [0.25, 0.3) is 0 Å². The predicted octanol–water partition coefficient (Wildman–Crippen LogP) is 2.18. The molecule has 1 aromatic heterocycles. The molecule has 0 saturated carbocycles. The van der Waals surface area contributed by atoms with E-state index in [1.165, 1.54) is 5.56 Å². The monoisotopic (exact) mass is 157 g/mol. The Morgan fingerprint density at radius 2 is 2.50 bits per heavy atom. The number of rotatable bonds is 3. The van der Waals surface area contributed by atoms with Gasteiger partial charge in [0.1, 0.15) is 5.69 Å². The molecule has 0 unspecified atom stereocenters. The minimum Gasteiger partial charge on any atom is -0.248 e. The van der Waals surface area contributed by atoms with E-state index in [1.807, 2.05) is 18.2 Å². The Hall–Kier alpha value is -1.55. The van der Waals surface area contributed by atoms with E-state index in [-0.39, 0.29) is 0 Å². The molecule has 60 valence electrons. The normalized spacial score (nSPS) is 8.92. The smallest absolute Gasteiger partial charge is 0.113 e. The summed E-state index contributed by atoms with van der Waals surface area (Å²) in [5.41, 5.74) is 1.93. The molecule has 0 atom stereocenters. The molecule has 1 aromatic rings. The van der Waals surface area contributed by atoms with Crippen LogP contribution in [0, 0.1) is 12.3 Å². The molecule has 0 aliphatic heterocycles. The van der Waals surface area contributed by atoms with E-state index in [1.54, 1.807) is 6.20 Å². The molecular weight excluding hydrogens is 146 g/mol. The maximum absolute atomic E-state index is 5.21. The van der Waals surface area contributed by atoms with Crippen LogP contribution in [-0.2, 0) is 6.42 Å². The van der Waals surface area contributed by atoms with Gasteiger partial charge in [-0.3, -0.25) is 0 Å². The van der Waals surface area contributed by atoms with E-state index >= 15 is 0 Å². The van der Waals surface area contributed by atoms with Crippen LogP contribution in [0.5, 0.6) is 0 Å². The molecule has 1 heterocycles. The van der Waals surface area contributed by atoms with Crippen molar-refractivity contribution in [1.82, 2.24) is 4.98 Å². The third-order valence-electron chi connectivity index (χ3n) is 1.61. The van der Waals surface area contributed by atoms with Crippen molar-refractivity contribution in [2.24, 2.45) is 0 Å². The Labute approximate surface area is 73.2 Å². The minimum absolute atomic E-state index is 0.705. The summed E-state index contributed by atoms with van der Waals surface area (Å²) in [4.78, 5) is 4.00. The van der Waals surface area contributed by atoms with Gasteiger partial charge in [-0.2, -0.15) is 0 Å². The number of pyridine rings is 1. The first-order chi connectivity index (χ1) is 5.86. The molecule has 0 aliphatic carbocycles. The highest BCUT2D eigenvalue weighted by molar-refractivity contribution is 5.28. The van der Waals surface area contributed by atoms with Crippen LogP contribution in [0.3, 0.4) is 0 Å². The van der Waals surface area contributed by atoms with Crippen LogP contribution >= 0.6 is 0 Å². The lowest BCUT2D eigenvalue weighted by molar-refractivity contribution is 0.995. The molecule has 0 spiro atoms. The van der Waals surface area contributed by atoms with E-state index in [2.05, 4.69) is 17.5 Å². The molecule has 0 saturated heterocycles. The van der Waals surface area contributed by atoms with Crippen LogP contribution < -0.4 is 0 Å². The zero-order chi connectivity index (χ0) is 8.81. The molecule has 0 aromatic carbocycles. The number of nitrogens with zero attached hydrogens (tertiary/aromatic N) is 1. The third-order valence-corrected chi connectivity index (χ3v) is 1.61. The summed E-state index contributed by atoms with van der Waals surface area (Å²) in [5, 5.41) is 0. The highest BCUT2D eigenvalue weighted by atomic mass is 14.6. The standard InChI is InChI=1S/C11H11N/c1-3-5-6-10-7-8-12-11(4-2)9-10/h2-3,7-9H,1,5-6H2. The Balaban J connectivity index is 2.74. The zero-order valence-corrected chi connectivity index (χ0v) is 6.96. The molecule has 12 heavy (non-hydrogen) atoms. The van der Waals surface area contributed by atoms with Crippen LogP contribution in [0.1, 0.15) is 17.7 Å². The summed E-state index contributed by atoms with van der Waals surface area (Å²) in [5.74, 6) is 2.51. The summed E-state index contributed by atoms with van der Waals surface area (Å²) in [7, 11) is 0. The number of hydrogen-bond donors (Lipinski definition) is 0. The van der Waals surface area contributed by atoms with Crippen molar-refractivity contribution in [3.63, 3.8) is 0 Å². The lowest BCUT2D eigenvalue weighted by atomic mass is 10.1. The molecule has 0 radical (unpaired) electrons. The molecule has 1 heteroatoms. The van der Waals surface area contributed by atoms with Gasteiger partial charge >= 0.3 is 0 Å². The second kappa shape index (κ2) is 4.35. The molecule has 1 nitrogen and oxygen atoms in total. The van der Waals surface area contributed by atoms with Crippen molar-refractivity contribution in [3.8, 4) is 12.3 Å². The van der Waals surface area contributed by atoms with Crippen molar-refractivity contribution in [2.45, 2.75) is 12.8 Å². The Bertz CT molecular complexity index is 307. The number of hydrogen-bond acceptors (Lipinski definition) is 1. The maximum Gasteiger partial charge on any atom is 0.113 e. The van der Waals surface area contributed by atoms with Gasteiger partial charge in [-0.05, 0) is 30.5 Å². The Morgan fingerprint density at radius 3 is 3.17 bits per heavy atom. The summed E-state index contributed by atoms with van der Waals surface area (Å²) >= 11 is 0. The number of allylic oxidation sites excluding steroid dienone is 1. The van der Waals surface area contributed by atoms with Crippen molar-refractivity contribution in [2.75, 3.05) is 0 Å². The SMILES string of the molecule is C#Cc1cc(CCC=C)ccn1. The van der Waals surface area contributed by atoms with Gasteiger partial charge in [0.15, 0.2) is 0 Å². The molecular formula is C11H11N. The lowest BCUT2D eigenvalue weighted by Crippen LogP contribution is -1.87. The molecule has 0 fully saturated rings. The van der Waals surface area contributed by atoms with Crippen molar-refractivity contribution in [1.29, 1.82) is 0 Å². The molecule has 0 amide bonds. The lowest BCUT2D eigenvalue weighted by Gasteiger charge is -1.97. The topological polar surface area (TPSA) is 12.9 Å². The van der Waals surface area contributed by atoms with Gasteiger partial charge in [0.2, 0.25) is 0 Å². The van der Waals surface area contributed by atoms with Gasteiger partial charge < -0.3 is 0 Å². The van der Waals surface area contributed by atoms with Crippen molar-refractivity contribution in [3.05, 3.63) is 42.2 Å². The quantitative estimate of drug-likeness (QED) is 0.484. The van der Waals surface area contributed by atoms with Gasteiger partial charge in [-0.15, -0.1) is 13.0 Å². The first kappa shape index (κ1) is 8.55. The zero-order valence-electron chi connectivity index (χ0n) is 6.96. The average molecular weight is 157 g/mol. The van der Waals surface area contributed by atoms with Crippen LogP contribution in [0.15, 0.2) is 31.0 Å². The van der Waals surface area contributed by atoms with Crippen LogP contribution in [0.2, 0.25) is 0 Å². The Kier molecular flexibility index (Phi) is 3.10. The average Bonchev–Trinajstić information content (AvgIpc) is 2.15. The first-order valence-corrected chi connectivity index (χ1v) is 3.89. The molecule has 1 rings (SSSR count). The van der Waals surface area contributed by atoms with Gasteiger partial charge in [-0.25, -0.2) is 4.98 Å². The summed E-state index contributed by atoms with van der Waals surface area (Å²) < 4.78 is 0. The fraction of sp³-hybridized carbons (Fsp3) is 0.182. The van der Waals surface area contributed by atoms with Gasteiger partial charge in [0.05, 0.1) is 0 Å². The minimum atomic E-state index is 0.705. The number of aromatic nitrogens is 1.